The summed E-state index contributed by atoms with van der Waals surface area (Å²) in [5.74, 6) is -6.04. The number of hydrogen-bond acceptors (Lipinski definition) is 6. The molecule has 2 aromatic carbocycles. The van der Waals surface area contributed by atoms with Crippen molar-refractivity contribution in [2.24, 2.45) is 0 Å². The summed E-state index contributed by atoms with van der Waals surface area (Å²) in [4.78, 5) is 7.37. The number of benzene rings is 2. The van der Waals surface area contributed by atoms with Gasteiger partial charge < -0.3 is 9.84 Å². The zero-order valence-corrected chi connectivity index (χ0v) is 17.2. The number of halogens is 4. The highest BCUT2D eigenvalue weighted by atomic mass is 19.3. The van der Waals surface area contributed by atoms with E-state index in [1.165, 1.54) is 30.3 Å². The Balaban J connectivity index is 1.68. The Morgan fingerprint density at radius 1 is 1.03 bits per heavy atom. The Bertz CT molecular complexity index is 1320. The number of alkyl halides is 2. The van der Waals surface area contributed by atoms with Gasteiger partial charge in [-0.3, -0.25) is 4.98 Å². The first-order valence-electron chi connectivity index (χ1n) is 9.75. The van der Waals surface area contributed by atoms with E-state index in [1.807, 2.05) is 6.07 Å². The van der Waals surface area contributed by atoms with Gasteiger partial charge in [0.05, 0.1) is 24.4 Å². The van der Waals surface area contributed by atoms with Gasteiger partial charge in [0.15, 0.2) is 5.60 Å². The van der Waals surface area contributed by atoms with E-state index in [4.69, 9.17) is 10.00 Å². The van der Waals surface area contributed by atoms with Gasteiger partial charge in [-0.1, -0.05) is 0 Å². The summed E-state index contributed by atoms with van der Waals surface area (Å²) in [5, 5.41) is 23.7. The molecule has 0 aliphatic heterocycles. The first-order chi connectivity index (χ1) is 16.2. The second kappa shape index (κ2) is 8.92. The third kappa shape index (κ3) is 4.31. The Kier molecular flexibility index (Phi) is 6.00. The molecule has 0 radical (unpaired) electrons. The molecule has 7 nitrogen and oxygen atoms in total. The summed E-state index contributed by atoms with van der Waals surface area (Å²) < 4.78 is 65.8. The van der Waals surface area contributed by atoms with E-state index < -0.39 is 41.0 Å². The van der Waals surface area contributed by atoms with Crippen LogP contribution in [0.3, 0.4) is 0 Å². The van der Waals surface area contributed by atoms with Crippen LogP contribution in [0, 0.1) is 23.0 Å². The third-order valence-electron chi connectivity index (χ3n) is 5.03. The van der Waals surface area contributed by atoms with E-state index in [0.29, 0.717) is 17.4 Å². The van der Waals surface area contributed by atoms with Crippen molar-refractivity contribution in [1.29, 1.82) is 5.26 Å². The molecule has 0 saturated heterocycles. The van der Waals surface area contributed by atoms with Crippen LogP contribution in [-0.2, 0) is 18.1 Å². The number of ether oxygens (including phenoxy) is 1. The SMILES string of the molecule is N#Cc1ccc(Oc2ccc(C(F)(F)C(O)(Cn3cncn3)c3ccc(F)cc3F)nc2)cc1. The summed E-state index contributed by atoms with van der Waals surface area (Å²) in [6.45, 7) is -0.895. The molecule has 0 bridgehead atoms. The topological polar surface area (TPSA) is 96.8 Å². The lowest BCUT2D eigenvalue weighted by Gasteiger charge is -2.36. The smallest absolute Gasteiger partial charge is 0.323 e. The molecule has 0 fully saturated rings. The molecule has 11 heteroatoms. The number of aromatic nitrogens is 4. The molecule has 34 heavy (non-hydrogen) atoms. The molecule has 172 valence electrons. The quantitative estimate of drug-likeness (QED) is 0.406. The number of hydrogen-bond donors (Lipinski definition) is 1. The molecule has 4 rings (SSSR count). The number of nitrogens with zero attached hydrogens (tertiary/aromatic N) is 5. The lowest BCUT2D eigenvalue weighted by molar-refractivity contribution is -0.207. The van der Waals surface area contributed by atoms with Gasteiger partial charge in [0, 0.05) is 11.6 Å². The van der Waals surface area contributed by atoms with Crippen LogP contribution in [0.25, 0.3) is 0 Å². The van der Waals surface area contributed by atoms with Crippen LogP contribution in [0.15, 0.2) is 73.4 Å². The summed E-state index contributed by atoms with van der Waals surface area (Å²) >= 11 is 0. The van der Waals surface area contributed by atoms with E-state index in [0.717, 1.165) is 41.7 Å². The van der Waals surface area contributed by atoms with E-state index >= 15 is 8.78 Å². The maximum Gasteiger partial charge on any atom is 0.323 e. The van der Waals surface area contributed by atoms with Crippen molar-refractivity contribution in [1.82, 2.24) is 19.7 Å². The highest BCUT2D eigenvalue weighted by Gasteiger charge is 2.57. The molecule has 1 atom stereocenters. The molecular formula is C23H15F4N5O2. The number of nitriles is 1. The monoisotopic (exact) mass is 469 g/mol. The van der Waals surface area contributed by atoms with Crippen molar-refractivity contribution in [3.05, 3.63) is 102 Å². The molecule has 2 aromatic heterocycles. The van der Waals surface area contributed by atoms with Crippen molar-refractivity contribution in [3.8, 4) is 17.6 Å². The van der Waals surface area contributed by atoms with Crippen molar-refractivity contribution in [2.75, 3.05) is 0 Å². The van der Waals surface area contributed by atoms with Crippen LogP contribution in [0.4, 0.5) is 17.6 Å². The molecule has 0 saturated carbocycles. The summed E-state index contributed by atoms with van der Waals surface area (Å²) in [5.41, 5.74) is -4.50. The van der Waals surface area contributed by atoms with Crippen LogP contribution in [0.1, 0.15) is 16.8 Å². The minimum absolute atomic E-state index is 0.108. The highest BCUT2D eigenvalue weighted by molar-refractivity contribution is 5.38. The summed E-state index contributed by atoms with van der Waals surface area (Å²) in [6, 6.07) is 12.1. The molecule has 0 spiro atoms. The Hall–Kier alpha value is -4.30. The zero-order valence-electron chi connectivity index (χ0n) is 17.2. The van der Waals surface area contributed by atoms with Crippen molar-refractivity contribution in [3.63, 3.8) is 0 Å². The standard InChI is InChI=1S/C23H15F4N5O2/c24-16-3-7-19(20(25)9-16)22(33,12-32-14-29-13-31-32)23(26,27)21-8-6-18(11-30-21)34-17-4-1-15(10-28)2-5-17/h1-9,11,13-14,33H,12H2. The summed E-state index contributed by atoms with van der Waals surface area (Å²) in [6.07, 6.45) is 3.15. The van der Waals surface area contributed by atoms with Crippen molar-refractivity contribution >= 4 is 0 Å². The molecule has 0 aliphatic carbocycles. The van der Waals surface area contributed by atoms with Gasteiger partial charge >= 0.3 is 5.92 Å². The van der Waals surface area contributed by atoms with Gasteiger partial charge in [0.1, 0.15) is 41.5 Å². The lowest BCUT2D eigenvalue weighted by Crippen LogP contribution is -2.48. The largest absolute Gasteiger partial charge is 0.456 e. The van der Waals surface area contributed by atoms with Crippen LogP contribution < -0.4 is 4.74 Å². The molecule has 0 amide bonds. The predicted octanol–water partition coefficient (Wildman–Crippen LogP) is 4.30. The van der Waals surface area contributed by atoms with Gasteiger partial charge in [-0.15, -0.1) is 0 Å². The molecule has 2 heterocycles. The van der Waals surface area contributed by atoms with Crippen molar-refractivity contribution < 1.29 is 27.4 Å². The summed E-state index contributed by atoms with van der Waals surface area (Å²) in [7, 11) is 0. The number of rotatable bonds is 7. The van der Waals surface area contributed by atoms with Gasteiger partial charge in [-0.25, -0.2) is 18.4 Å². The van der Waals surface area contributed by atoms with E-state index in [-0.39, 0.29) is 5.75 Å². The van der Waals surface area contributed by atoms with E-state index in [9.17, 15) is 13.9 Å². The Morgan fingerprint density at radius 2 is 1.76 bits per heavy atom. The third-order valence-corrected chi connectivity index (χ3v) is 5.03. The predicted molar refractivity (Wildman–Crippen MR) is 110 cm³/mol. The fourth-order valence-electron chi connectivity index (χ4n) is 3.30. The number of aliphatic hydroxyl groups is 1. The average Bonchev–Trinajstić information content (AvgIpc) is 3.32. The van der Waals surface area contributed by atoms with Gasteiger partial charge in [0.25, 0.3) is 0 Å². The lowest BCUT2D eigenvalue weighted by atomic mass is 9.84. The molecular weight excluding hydrogens is 454 g/mol. The van der Waals surface area contributed by atoms with Crippen LogP contribution in [0.5, 0.6) is 11.5 Å². The maximum absolute atomic E-state index is 15.7. The van der Waals surface area contributed by atoms with E-state index in [1.54, 1.807) is 0 Å². The average molecular weight is 469 g/mol. The molecule has 1 N–H and O–H groups in total. The minimum Gasteiger partial charge on any atom is -0.456 e. The van der Waals surface area contributed by atoms with Crippen molar-refractivity contribution in [2.45, 2.75) is 18.1 Å². The maximum atomic E-state index is 15.7. The fraction of sp³-hybridized carbons (Fsp3) is 0.130. The fourth-order valence-corrected chi connectivity index (χ4v) is 3.30. The van der Waals surface area contributed by atoms with Crippen LogP contribution >= 0.6 is 0 Å². The second-order valence-corrected chi connectivity index (χ2v) is 7.27. The second-order valence-electron chi connectivity index (χ2n) is 7.27. The number of pyridine rings is 1. The minimum atomic E-state index is -4.15. The molecule has 4 aromatic rings. The Labute approximate surface area is 190 Å². The van der Waals surface area contributed by atoms with E-state index in [2.05, 4.69) is 15.1 Å². The Morgan fingerprint density at radius 3 is 2.35 bits per heavy atom. The van der Waals surface area contributed by atoms with Crippen LogP contribution in [0.2, 0.25) is 0 Å². The zero-order chi connectivity index (χ0) is 24.3. The first kappa shape index (κ1) is 22.9. The molecule has 0 aliphatic rings. The highest BCUT2D eigenvalue weighted by Crippen LogP contribution is 2.46. The van der Waals surface area contributed by atoms with Gasteiger partial charge in [-0.05, 0) is 48.5 Å². The first-order valence-corrected chi connectivity index (χ1v) is 9.75. The van der Waals surface area contributed by atoms with Crippen LogP contribution in [-0.4, -0.2) is 24.9 Å². The molecule has 1 unspecified atom stereocenters. The normalized spacial score (nSPS) is 13.2. The van der Waals surface area contributed by atoms with Gasteiger partial charge in [0.2, 0.25) is 0 Å². The van der Waals surface area contributed by atoms with Gasteiger partial charge in [-0.2, -0.15) is 19.1 Å².